The van der Waals surface area contributed by atoms with Gasteiger partial charge in [-0.15, -0.1) is 0 Å². The molecule has 0 saturated heterocycles. The lowest BCUT2D eigenvalue weighted by Gasteiger charge is -2.54. The van der Waals surface area contributed by atoms with Gasteiger partial charge in [0.15, 0.2) is 0 Å². The van der Waals surface area contributed by atoms with Gasteiger partial charge >= 0.3 is 0 Å². The van der Waals surface area contributed by atoms with Crippen LogP contribution in [0, 0.1) is 5.41 Å². The van der Waals surface area contributed by atoms with Gasteiger partial charge in [0.2, 0.25) is 11.8 Å². The number of primary amides is 1. The van der Waals surface area contributed by atoms with E-state index >= 15 is 4.79 Å². The molecule has 4 N–H and O–H groups in total. The molecule has 0 bridgehead atoms. The lowest BCUT2D eigenvalue weighted by atomic mass is 9.65. The summed E-state index contributed by atoms with van der Waals surface area (Å²) in [6.07, 6.45) is 11.0. The zero-order chi connectivity index (χ0) is 33.4. The first-order valence-electron chi connectivity index (χ1n) is 18.3. The van der Waals surface area contributed by atoms with Gasteiger partial charge in [0.1, 0.15) is 5.41 Å². The van der Waals surface area contributed by atoms with Gasteiger partial charge in [-0.1, -0.05) is 143 Å². The molecule has 0 aromatic heterocycles. The van der Waals surface area contributed by atoms with Gasteiger partial charge < -0.3 is 20.8 Å². The molecule has 3 aliphatic rings. The van der Waals surface area contributed by atoms with Gasteiger partial charge in [-0.3, -0.25) is 9.59 Å². The van der Waals surface area contributed by atoms with E-state index in [0.29, 0.717) is 38.5 Å². The standard InChI is InChI=1S/C42H50N2O4/c43-38(45)40(24-15-25-40)39(46)44(36(41(47)26-9-1-2-10-27-41)34-22-13-18-30-16-5-7-20-32(30)34)37(42(48)28-11-3-4-12-29-42)35-23-14-19-31-17-6-8-21-33(31)35/h5-8,13-14,16-23,36-37,47-48H,1-4,9-12,15,24-29H2,(H2,43,45). The van der Waals surface area contributed by atoms with Gasteiger partial charge in [0.25, 0.3) is 0 Å². The van der Waals surface area contributed by atoms with Gasteiger partial charge in [-0.25, -0.2) is 0 Å². The molecule has 3 saturated carbocycles. The van der Waals surface area contributed by atoms with E-state index in [1.54, 1.807) is 0 Å². The Morgan fingerprint density at radius 1 is 0.542 bits per heavy atom. The number of nitrogens with zero attached hydrogens (tertiary/aromatic N) is 1. The van der Waals surface area contributed by atoms with E-state index in [-0.39, 0.29) is 5.91 Å². The Bertz CT molecular complexity index is 1660. The average molecular weight is 647 g/mol. The van der Waals surface area contributed by atoms with Crippen LogP contribution in [0.3, 0.4) is 0 Å². The Labute approximate surface area is 284 Å². The topological polar surface area (TPSA) is 104 Å². The highest BCUT2D eigenvalue weighted by Gasteiger charge is 2.59. The number of hydrogen-bond donors (Lipinski definition) is 3. The third-order valence-electron chi connectivity index (χ3n) is 12.1. The molecule has 0 heterocycles. The zero-order valence-electron chi connectivity index (χ0n) is 28.1. The summed E-state index contributed by atoms with van der Waals surface area (Å²) in [6, 6.07) is 26.9. The zero-order valence-corrected chi connectivity index (χ0v) is 28.1. The Morgan fingerprint density at radius 2 is 0.938 bits per heavy atom. The summed E-state index contributed by atoms with van der Waals surface area (Å²) in [5.74, 6) is -0.967. The van der Waals surface area contributed by atoms with Gasteiger partial charge in [-0.05, 0) is 71.2 Å². The van der Waals surface area contributed by atoms with E-state index in [1.165, 1.54) is 0 Å². The van der Waals surface area contributed by atoms with Crippen LogP contribution in [0.25, 0.3) is 21.5 Å². The predicted molar refractivity (Wildman–Crippen MR) is 191 cm³/mol. The highest BCUT2D eigenvalue weighted by molar-refractivity contribution is 6.06. The highest BCUT2D eigenvalue weighted by atomic mass is 16.3. The van der Waals surface area contributed by atoms with Gasteiger partial charge in [0, 0.05) is 0 Å². The Balaban J connectivity index is 1.57. The van der Waals surface area contributed by atoms with Gasteiger partial charge in [-0.2, -0.15) is 0 Å². The summed E-state index contributed by atoms with van der Waals surface area (Å²) in [5.41, 5.74) is 3.94. The van der Waals surface area contributed by atoms with Crippen molar-refractivity contribution in [3.8, 4) is 0 Å². The van der Waals surface area contributed by atoms with Crippen LogP contribution < -0.4 is 5.73 Å². The first kappa shape index (κ1) is 32.8. The smallest absolute Gasteiger partial charge is 0.239 e. The second kappa shape index (κ2) is 13.3. The average Bonchev–Trinajstić information content (AvgIpc) is 3.44. The molecule has 7 rings (SSSR count). The van der Waals surface area contributed by atoms with E-state index in [4.69, 9.17) is 5.73 Å². The fourth-order valence-electron chi connectivity index (χ4n) is 9.33. The maximum absolute atomic E-state index is 15.7. The van der Waals surface area contributed by atoms with Crippen LogP contribution in [0.1, 0.15) is 120 Å². The van der Waals surface area contributed by atoms with Crippen molar-refractivity contribution < 1.29 is 19.8 Å². The highest BCUT2D eigenvalue weighted by Crippen LogP contribution is 2.55. The molecule has 0 spiro atoms. The minimum atomic E-state index is -1.38. The molecule has 3 fully saturated rings. The Morgan fingerprint density at radius 3 is 1.31 bits per heavy atom. The number of nitrogens with two attached hydrogens (primary N) is 1. The molecule has 48 heavy (non-hydrogen) atoms. The maximum atomic E-state index is 15.7. The molecule has 4 aromatic carbocycles. The number of benzene rings is 4. The predicted octanol–water partition coefficient (Wildman–Crippen LogP) is 8.43. The van der Waals surface area contributed by atoms with E-state index in [0.717, 1.165) is 90.5 Å². The monoisotopic (exact) mass is 646 g/mol. The first-order valence-corrected chi connectivity index (χ1v) is 18.3. The van der Waals surface area contributed by atoms with Crippen LogP contribution in [-0.2, 0) is 9.59 Å². The van der Waals surface area contributed by atoms with Crippen molar-refractivity contribution >= 4 is 33.4 Å². The molecule has 2 atom stereocenters. The second-order valence-electron chi connectivity index (χ2n) is 15.0. The fourth-order valence-corrected chi connectivity index (χ4v) is 9.33. The van der Waals surface area contributed by atoms with Crippen molar-refractivity contribution in [3.63, 3.8) is 0 Å². The number of carbonyl (C=O) groups is 2. The second-order valence-corrected chi connectivity index (χ2v) is 15.0. The van der Waals surface area contributed by atoms with Gasteiger partial charge in [0.05, 0.1) is 23.3 Å². The van der Waals surface area contributed by atoms with Crippen LogP contribution >= 0.6 is 0 Å². The van der Waals surface area contributed by atoms with E-state index in [9.17, 15) is 15.0 Å². The minimum absolute atomic E-state index is 0.354. The molecule has 2 amide bonds. The molecule has 2 unspecified atom stereocenters. The van der Waals surface area contributed by atoms with Crippen molar-refractivity contribution in [1.82, 2.24) is 4.90 Å². The lowest BCUT2D eigenvalue weighted by Crippen LogP contribution is -2.62. The SMILES string of the molecule is NC(=O)C1(C(=O)N(C(c2cccc3ccccc23)C2(O)CCCCCC2)C(c2cccc3ccccc23)C2(O)CCCCCC2)CCC1. The number of amides is 2. The number of aliphatic hydroxyl groups is 2. The molecule has 252 valence electrons. The third-order valence-corrected chi connectivity index (χ3v) is 12.1. The Hall–Kier alpha value is -3.74. The third kappa shape index (κ3) is 5.71. The minimum Gasteiger partial charge on any atom is -0.387 e. The molecule has 0 aliphatic heterocycles. The summed E-state index contributed by atoms with van der Waals surface area (Å²) < 4.78 is 0. The number of carbonyl (C=O) groups excluding carboxylic acids is 2. The largest absolute Gasteiger partial charge is 0.387 e. The van der Waals surface area contributed by atoms with Crippen molar-refractivity contribution in [2.24, 2.45) is 11.1 Å². The maximum Gasteiger partial charge on any atom is 0.239 e. The molecule has 3 aliphatic carbocycles. The quantitative estimate of drug-likeness (QED) is 0.132. The van der Waals surface area contributed by atoms with Crippen LogP contribution in [0.5, 0.6) is 0 Å². The summed E-state index contributed by atoms with van der Waals surface area (Å²) >= 11 is 0. The van der Waals surface area contributed by atoms with E-state index in [2.05, 4.69) is 36.4 Å². The normalized spacial score (nSPS) is 21.7. The molecule has 6 nitrogen and oxygen atoms in total. The fraction of sp³-hybridized carbons (Fsp3) is 0.476. The molecule has 4 aromatic rings. The van der Waals surface area contributed by atoms with Crippen LogP contribution in [0.15, 0.2) is 84.9 Å². The Kier molecular flexibility index (Phi) is 9.08. The first-order chi connectivity index (χ1) is 23.3. The number of hydrogen-bond acceptors (Lipinski definition) is 4. The molecule has 0 radical (unpaired) electrons. The van der Waals surface area contributed by atoms with Crippen molar-refractivity contribution in [2.75, 3.05) is 0 Å². The molecular formula is C42H50N2O4. The van der Waals surface area contributed by atoms with Crippen molar-refractivity contribution in [1.29, 1.82) is 0 Å². The van der Waals surface area contributed by atoms with Crippen LogP contribution in [-0.4, -0.2) is 38.1 Å². The summed E-state index contributed by atoms with van der Waals surface area (Å²) in [5, 5.41) is 30.4. The molecule has 6 heteroatoms. The number of fused-ring (bicyclic) bond motifs is 2. The van der Waals surface area contributed by atoms with E-state index < -0.39 is 34.6 Å². The van der Waals surface area contributed by atoms with E-state index in [1.807, 2.05) is 53.4 Å². The summed E-state index contributed by atoms with van der Waals surface area (Å²) in [6.45, 7) is 0. The van der Waals surface area contributed by atoms with Crippen LogP contribution in [0.2, 0.25) is 0 Å². The van der Waals surface area contributed by atoms with Crippen LogP contribution in [0.4, 0.5) is 0 Å². The van der Waals surface area contributed by atoms with Crippen molar-refractivity contribution in [3.05, 3.63) is 96.1 Å². The lowest BCUT2D eigenvalue weighted by molar-refractivity contribution is -0.179. The number of rotatable bonds is 8. The molecular weight excluding hydrogens is 596 g/mol. The van der Waals surface area contributed by atoms with Crippen molar-refractivity contribution in [2.45, 2.75) is 120 Å². The summed E-state index contributed by atoms with van der Waals surface area (Å²) in [4.78, 5) is 31.0. The summed E-state index contributed by atoms with van der Waals surface area (Å²) in [7, 11) is 0.